The van der Waals surface area contributed by atoms with E-state index in [1.807, 2.05) is 0 Å². The number of carboxylic acid groups (broad SMARTS) is 1. The molecule has 0 heterocycles. The fourth-order valence-corrected chi connectivity index (χ4v) is 2.26. The monoisotopic (exact) mass is 273 g/mol. The summed E-state index contributed by atoms with van der Waals surface area (Å²) in [4.78, 5) is 23.1. The van der Waals surface area contributed by atoms with E-state index in [4.69, 9.17) is 9.47 Å². The molecule has 6 heteroatoms. The molecule has 1 aliphatic rings. The highest BCUT2D eigenvalue weighted by atomic mass is 16.5. The third-order valence-electron chi connectivity index (χ3n) is 3.58. The van der Waals surface area contributed by atoms with Gasteiger partial charge < -0.3 is 19.9 Å². The molecule has 0 aromatic carbocycles. The Morgan fingerprint density at radius 3 is 2.47 bits per heavy atom. The van der Waals surface area contributed by atoms with Crippen LogP contribution in [0.3, 0.4) is 0 Å². The molecular weight excluding hydrogens is 250 g/mol. The molecule has 1 rings (SSSR count). The van der Waals surface area contributed by atoms with Crippen molar-refractivity contribution < 1.29 is 24.2 Å². The summed E-state index contributed by atoms with van der Waals surface area (Å²) in [5.74, 6) is -0.819. The largest absolute Gasteiger partial charge is 0.480 e. The molecule has 19 heavy (non-hydrogen) atoms. The molecule has 2 N–H and O–H groups in total. The summed E-state index contributed by atoms with van der Waals surface area (Å²) in [6, 6.07) is 0. The minimum atomic E-state index is -1.12. The van der Waals surface area contributed by atoms with Crippen LogP contribution in [0.1, 0.15) is 32.6 Å². The fourth-order valence-electron chi connectivity index (χ4n) is 2.26. The molecule has 0 unspecified atom stereocenters. The molecule has 0 atom stereocenters. The van der Waals surface area contributed by atoms with E-state index in [9.17, 15) is 14.7 Å². The number of methoxy groups -OCH3 is 1. The zero-order chi connectivity index (χ0) is 14.3. The lowest BCUT2D eigenvalue weighted by Crippen LogP contribution is -2.57. The summed E-state index contributed by atoms with van der Waals surface area (Å²) in [5, 5.41) is 12.0. The number of aliphatic carboxylic acids is 1. The number of carbonyl (C=O) groups excluding carboxylic acids is 1. The number of carboxylic acids is 1. The van der Waals surface area contributed by atoms with E-state index < -0.39 is 11.5 Å². The highest BCUT2D eigenvalue weighted by Gasteiger charge is 2.42. The molecule has 1 saturated carbocycles. The van der Waals surface area contributed by atoms with E-state index in [0.717, 1.165) is 12.8 Å². The van der Waals surface area contributed by atoms with Gasteiger partial charge >= 0.3 is 5.97 Å². The summed E-state index contributed by atoms with van der Waals surface area (Å²) in [6.45, 7) is 2.70. The van der Waals surface area contributed by atoms with Gasteiger partial charge in [-0.25, -0.2) is 4.79 Å². The van der Waals surface area contributed by atoms with E-state index in [1.54, 1.807) is 7.11 Å². The van der Waals surface area contributed by atoms with Crippen molar-refractivity contribution in [3.63, 3.8) is 0 Å². The second-order valence-corrected chi connectivity index (χ2v) is 5.16. The Hall–Kier alpha value is -1.14. The third-order valence-corrected chi connectivity index (χ3v) is 3.58. The maximum Gasteiger partial charge on any atom is 0.329 e. The number of rotatable bonds is 7. The molecular formula is C13H23NO5. The van der Waals surface area contributed by atoms with Crippen LogP contribution in [-0.2, 0) is 19.1 Å². The van der Waals surface area contributed by atoms with Crippen molar-refractivity contribution in [3.8, 4) is 0 Å². The molecule has 1 amide bonds. The Bertz CT molecular complexity index is 310. The zero-order valence-corrected chi connectivity index (χ0v) is 11.6. The van der Waals surface area contributed by atoms with Gasteiger partial charge in [0.2, 0.25) is 5.91 Å². The fraction of sp³-hybridized carbons (Fsp3) is 0.846. The van der Waals surface area contributed by atoms with Crippen molar-refractivity contribution in [2.45, 2.75) is 38.1 Å². The molecule has 0 spiro atoms. The summed E-state index contributed by atoms with van der Waals surface area (Å²) in [7, 11) is 1.55. The minimum Gasteiger partial charge on any atom is -0.480 e. The van der Waals surface area contributed by atoms with E-state index in [1.165, 1.54) is 0 Å². The Morgan fingerprint density at radius 2 is 1.95 bits per heavy atom. The Morgan fingerprint density at radius 1 is 1.32 bits per heavy atom. The molecule has 0 aromatic heterocycles. The van der Waals surface area contributed by atoms with Gasteiger partial charge in [0.1, 0.15) is 12.1 Å². The first-order valence-electron chi connectivity index (χ1n) is 6.61. The highest BCUT2D eigenvalue weighted by Crippen LogP contribution is 2.32. The van der Waals surface area contributed by atoms with Crippen molar-refractivity contribution in [2.24, 2.45) is 5.92 Å². The normalized spacial score (nSPS) is 26.9. The van der Waals surface area contributed by atoms with Gasteiger partial charge in [-0.3, -0.25) is 4.79 Å². The summed E-state index contributed by atoms with van der Waals surface area (Å²) < 4.78 is 9.89. The van der Waals surface area contributed by atoms with Crippen LogP contribution in [0, 0.1) is 5.92 Å². The van der Waals surface area contributed by atoms with Crippen molar-refractivity contribution in [2.75, 3.05) is 26.9 Å². The van der Waals surface area contributed by atoms with E-state index in [-0.39, 0.29) is 12.5 Å². The quantitative estimate of drug-likeness (QED) is 0.670. The number of carbonyl (C=O) groups is 2. The lowest BCUT2D eigenvalue weighted by Gasteiger charge is -2.36. The van der Waals surface area contributed by atoms with E-state index in [2.05, 4.69) is 12.2 Å². The van der Waals surface area contributed by atoms with Crippen molar-refractivity contribution in [3.05, 3.63) is 0 Å². The highest BCUT2D eigenvalue weighted by molar-refractivity contribution is 5.87. The molecule has 0 radical (unpaired) electrons. The maximum absolute atomic E-state index is 11.7. The summed E-state index contributed by atoms with van der Waals surface area (Å²) >= 11 is 0. The summed E-state index contributed by atoms with van der Waals surface area (Å²) in [5.41, 5.74) is -1.12. The summed E-state index contributed by atoms with van der Waals surface area (Å²) in [6.07, 6.45) is 2.59. The number of amides is 1. The van der Waals surface area contributed by atoms with Crippen molar-refractivity contribution in [1.29, 1.82) is 0 Å². The van der Waals surface area contributed by atoms with Crippen LogP contribution in [0.2, 0.25) is 0 Å². The first-order chi connectivity index (χ1) is 9.00. The third kappa shape index (κ3) is 4.80. The predicted molar refractivity (Wildman–Crippen MR) is 68.8 cm³/mol. The minimum absolute atomic E-state index is 0.131. The molecule has 1 fully saturated rings. The van der Waals surface area contributed by atoms with Gasteiger partial charge in [-0.1, -0.05) is 6.92 Å². The zero-order valence-electron chi connectivity index (χ0n) is 11.6. The van der Waals surface area contributed by atoms with E-state index >= 15 is 0 Å². The van der Waals surface area contributed by atoms with Crippen molar-refractivity contribution in [1.82, 2.24) is 5.32 Å². The number of hydrogen-bond donors (Lipinski definition) is 2. The Balaban J connectivity index is 2.45. The van der Waals surface area contributed by atoms with Crippen LogP contribution in [0.5, 0.6) is 0 Å². The lowest BCUT2D eigenvalue weighted by molar-refractivity contribution is -0.150. The number of ether oxygens (including phenoxy) is 2. The van der Waals surface area contributed by atoms with Crippen LogP contribution in [-0.4, -0.2) is 49.5 Å². The van der Waals surface area contributed by atoms with Gasteiger partial charge in [0.25, 0.3) is 0 Å². The van der Waals surface area contributed by atoms with Gasteiger partial charge in [0.05, 0.1) is 13.2 Å². The Kier molecular flexibility index (Phi) is 6.24. The molecule has 110 valence electrons. The second-order valence-electron chi connectivity index (χ2n) is 5.16. The smallest absolute Gasteiger partial charge is 0.329 e. The predicted octanol–water partition coefficient (Wildman–Crippen LogP) is 0.799. The molecule has 0 saturated heterocycles. The first kappa shape index (κ1) is 15.9. The van der Waals surface area contributed by atoms with Crippen LogP contribution in [0.15, 0.2) is 0 Å². The second kappa shape index (κ2) is 7.45. The van der Waals surface area contributed by atoms with Gasteiger partial charge in [0, 0.05) is 7.11 Å². The van der Waals surface area contributed by atoms with Crippen molar-refractivity contribution >= 4 is 11.9 Å². The molecule has 0 aromatic rings. The van der Waals surface area contributed by atoms with E-state index in [0.29, 0.717) is 32.0 Å². The lowest BCUT2D eigenvalue weighted by atomic mass is 9.77. The average Bonchev–Trinajstić information content (AvgIpc) is 2.37. The first-order valence-corrected chi connectivity index (χ1v) is 6.61. The molecule has 1 aliphatic carbocycles. The SMILES string of the molecule is COCCOCC(=O)NC1(C(=O)O)CCC(C)CC1. The average molecular weight is 273 g/mol. The van der Waals surface area contributed by atoms with Gasteiger partial charge in [-0.05, 0) is 31.6 Å². The van der Waals surface area contributed by atoms with Crippen LogP contribution in [0.4, 0.5) is 0 Å². The maximum atomic E-state index is 11.7. The Labute approximate surface area is 113 Å². The van der Waals surface area contributed by atoms with Gasteiger partial charge in [-0.15, -0.1) is 0 Å². The topological polar surface area (TPSA) is 84.9 Å². The van der Waals surface area contributed by atoms with Crippen LogP contribution < -0.4 is 5.32 Å². The molecule has 0 bridgehead atoms. The number of hydrogen-bond acceptors (Lipinski definition) is 4. The van der Waals surface area contributed by atoms with Crippen LogP contribution >= 0.6 is 0 Å². The number of nitrogens with one attached hydrogen (secondary N) is 1. The standard InChI is InChI=1S/C13H23NO5/c1-10-3-5-13(6-4-10,12(16)17)14-11(15)9-19-8-7-18-2/h10H,3-9H2,1-2H3,(H,14,15)(H,16,17). The van der Waals surface area contributed by atoms with Crippen LogP contribution in [0.25, 0.3) is 0 Å². The van der Waals surface area contributed by atoms with Gasteiger partial charge in [-0.2, -0.15) is 0 Å². The molecule has 6 nitrogen and oxygen atoms in total. The molecule has 0 aliphatic heterocycles. The van der Waals surface area contributed by atoms with Gasteiger partial charge in [0.15, 0.2) is 0 Å².